The third-order valence-corrected chi connectivity index (χ3v) is 12.1. The molecule has 0 aliphatic carbocycles. The monoisotopic (exact) mass is 738 g/mol. The third kappa shape index (κ3) is 10.1. The van der Waals surface area contributed by atoms with Crippen LogP contribution in [-0.4, -0.2) is 108 Å². The van der Waals surface area contributed by atoms with E-state index in [0.717, 1.165) is 115 Å². The predicted molar refractivity (Wildman–Crippen MR) is 213 cm³/mol. The fraction of sp³-hybridized carbons (Fsp3) is 0.591. The Morgan fingerprint density at radius 3 is 1.74 bits per heavy atom. The fourth-order valence-electron chi connectivity index (χ4n) is 8.90. The Kier molecular flexibility index (Phi) is 13.7. The zero-order valence-corrected chi connectivity index (χ0v) is 32.6. The maximum atomic E-state index is 6.00. The molecule has 0 atom stereocenters. The van der Waals surface area contributed by atoms with E-state index in [1.807, 2.05) is 19.4 Å². The van der Waals surface area contributed by atoms with Gasteiger partial charge in [0, 0.05) is 75.0 Å². The highest BCUT2D eigenvalue weighted by Gasteiger charge is 2.38. The zero-order chi connectivity index (χ0) is 36.9. The van der Waals surface area contributed by atoms with Gasteiger partial charge < -0.3 is 38.3 Å². The molecule has 0 amide bonds. The maximum absolute atomic E-state index is 6.00. The molecule has 10 heteroatoms. The molecule has 4 fully saturated rings. The van der Waals surface area contributed by atoms with Crippen molar-refractivity contribution in [3.8, 4) is 11.5 Å². The van der Waals surface area contributed by atoms with Gasteiger partial charge in [-0.1, -0.05) is 24.3 Å². The summed E-state index contributed by atoms with van der Waals surface area (Å²) in [6, 6.07) is 17.4. The molecule has 6 heterocycles. The summed E-state index contributed by atoms with van der Waals surface area (Å²) in [4.78, 5) is 17.0. The van der Waals surface area contributed by atoms with Crippen LogP contribution in [0.4, 0.5) is 0 Å². The molecule has 0 spiro atoms. The molecule has 4 saturated heterocycles. The summed E-state index contributed by atoms with van der Waals surface area (Å²) in [5, 5.41) is 0. The summed E-state index contributed by atoms with van der Waals surface area (Å²) in [5.74, 6) is 1.94. The van der Waals surface area contributed by atoms with E-state index < -0.39 is 0 Å². The number of benzene rings is 2. The SMILES string of the molecule is Cc1cn(CC2(c3ccc(OCCCN4CCCC4)cc3)CCOCC2)cn1.c1ncc(C2(c3ccc(OCCCN4CCCC4)cc3)CCOCC2)[nH]1. The Morgan fingerprint density at radius 2 is 1.24 bits per heavy atom. The van der Waals surface area contributed by atoms with E-state index in [1.54, 1.807) is 6.33 Å². The zero-order valence-electron chi connectivity index (χ0n) is 32.6. The lowest BCUT2D eigenvalue weighted by molar-refractivity contribution is 0.0434. The Hall–Kier alpha value is -3.70. The summed E-state index contributed by atoms with van der Waals surface area (Å²) in [7, 11) is 0. The number of rotatable bonds is 15. The largest absolute Gasteiger partial charge is 0.494 e. The molecule has 0 unspecified atom stereocenters. The summed E-state index contributed by atoms with van der Waals surface area (Å²) in [5.41, 5.74) is 5.03. The smallest absolute Gasteiger partial charge is 0.119 e. The summed E-state index contributed by atoms with van der Waals surface area (Å²) in [6.45, 7) is 15.1. The number of aromatic nitrogens is 4. The minimum Gasteiger partial charge on any atom is -0.494 e. The van der Waals surface area contributed by atoms with Gasteiger partial charge >= 0.3 is 0 Å². The van der Waals surface area contributed by atoms with E-state index >= 15 is 0 Å². The van der Waals surface area contributed by atoms with Gasteiger partial charge in [0.15, 0.2) is 0 Å². The highest BCUT2D eigenvalue weighted by molar-refractivity contribution is 5.39. The van der Waals surface area contributed by atoms with E-state index in [0.29, 0.717) is 0 Å². The molecule has 8 rings (SSSR count). The second-order valence-corrected chi connectivity index (χ2v) is 15.8. The number of imidazole rings is 2. The first-order chi connectivity index (χ1) is 26.6. The molecule has 0 radical (unpaired) electrons. The van der Waals surface area contributed by atoms with E-state index in [9.17, 15) is 0 Å². The molecule has 54 heavy (non-hydrogen) atoms. The van der Waals surface area contributed by atoms with Crippen LogP contribution in [0.15, 0.2) is 73.6 Å². The first-order valence-electron chi connectivity index (χ1n) is 20.6. The Labute approximate surface area is 322 Å². The van der Waals surface area contributed by atoms with Crippen molar-refractivity contribution in [1.29, 1.82) is 0 Å². The van der Waals surface area contributed by atoms with E-state index in [2.05, 4.69) is 84.0 Å². The number of ether oxygens (including phenoxy) is 4. The number of H-pyrrole nitrogens is 1. The van der Waals surface area contributed by atoms with Gasteiger partial charge in [-0.2, -0.15) is 0 Å². The van der Waals surface area contributed by atoms with Crippen molar-refractivity contribution in [2.75, 3.05) is 78.9 Å². The Bertz CT molecular complexity index is 1630. The molecule has 292 valence electrons. The molecular formula is C44H62N6O4. The van der Waals surface area contributed by atoms with E-state index in [-0.39, 0.29) is 10.8 Å². The van der Waals surface area contributed by atoms with Gasteiger partial charge in [-0.15, -0.1) is 0 Å². The minimum absolute atomic E-state index is 0.0248. The van der Waals surface area contributed by atoms with Crippen molar-refractivity contribution in [3.63, 3.8) is 0 Å². The molecule has 4 aliphatic heterocycles. The van der Waals surface area contributed by atoms with E-state index in [4.69, 9.17) is 18.9 Å². The molecular weight excluding hydrogens is 677 g/mol. The van der Waals surface area contributed by atoms with Gasteiger partial charge in [-0.05, 0) is 133 Å². The summed E-state index contributed by atoms with van der Waals surface area (Å²) in [6.07, 6.45) is 19.5. The quantitative estimate of drug-likeness (QED) is 0.129. The average Bonchev–Trinajstić information content (AvgIpc) is 4.07. The van der Waals surface area contributed by atoms with Gasteiger partial charge in [-0.3, -0.25) is 0 Å². The molecule has 4 aliphatic rings. The number of aromatic amines is 1. The van der Waals surface area contributed by atoms with Crippen LogP contribution in [0.1, 0.15) is 86.7 Å². The molecule has 10 nitrogen and oxygen atoms in total. The first kappa shape index (κ1) is 38.6. The molecule has 0 bridgehead atoms. The van der Waals surface area contributed by atoms with Gasteiger partial charge in [0.05, 0.1) is 31.6 Å². The predicted octanol–water partition coefficient (Wildman–Crippen LogP) is 7.18. The third-order valence-electron chi connectivity index (χ3n) is 12.1. The topological polar surface area (TPSA) is 89.9 Å². The Balaban J connectivity index is 0.000000167. The number of nitrogens with one attached hydrogen (secondary N) is 1. The second kappa shape index (κ2) is 19.2. The summed E-state index contributed by atoms with van der Waals surface area (Å²) < 4.78 is 25.5. The number of nitrogens with zero attached hydrogens (tertiary/aromatic N) is 5. The number of likely N-dealkylation sites (tertiary alicyclic amines) is 2. The minimum atomic E-state index is -0.0248. The van der Waals surface area contributed by atoms with Crippen LogP contribution in [0.5, 0.6) is 11.5 Å². The molecule has 1 N–H and O–H groups in total. The van der Waals surface area contributed by atoms with Crippen LogP contribution in [0, 0.1) is 6.92 Å². The van der Waals surface area contributed by atoms with Crippen molar-refractivity contribution in [2.45, 2.75) is 88.5 Å². The van der Waals surface area contributed by atoms with E-state index in [1.165, 1.54) is 68.7 Å². The lowest BCUT2D eigenvalue weighted by atomic mass is 9.72. The highest BCUT2D eigenvalue weighted by atomic mass is 16.5. The van der Waals surface area contributed by atoms with Crippen LogP contribution >= 0.6 is 0 Å². The van der Waals surface area contributed by atoms with Crippen LogP contribution in [0.2, 0.25) is 0 Å². The molecule has 2 aromatic carbocycles. The Morgan fingerprint density at radius 1 is 0.704 bits per heavy atom. The average molecular weight is 739 g/mol. The molecule has 4 aromatic rings. The fourth-order valence-corrected chi connectivity index (χ4v) is 8.90. The molecule has 2 aromatic heterocycles. The van der Waals surface area contributed by atoms with Crippen LogP contribution < -0.4 is 9.47 Å². The van der Waals surface area contributed by atoms with Crippen molar-refractivity contribution >= 4 is 0 Å². The lowest BCUT2D eigenvalue weighted by Crippen LogP contribution is -2.37. The summed E-state index contributed by atoms with van der Waals surface area (Å²) >= 11 is 0. The van der Waals surface area contributed by atoms with Gasteiger partial charge in [-0.25, -0.2) is 9.97 Å². The van der Waals surface area contributed by atoms with Gasteiger partial charge in [0.25, 0.3) is 0 Å². The second-order valence-electron chi connectivity index (χ2n) is 15.8. The normalized spacial score (nSPS) is 20.0. The van der Waals surface area contributed by atoms with Crippen LogP contribution in [0.3, 0.4) is 0 Å². The number of hydrogen-bond acceptors (Lipinski definition) is 8. The number of hydrogen-bond donors (Lipinski definition) is 1. The van der Waals surface area contributed by atoms with Gasteiger partial charge in [0.2, 0.25) is 0 Å². The van der Waals surface area contributed by atoms with Crippen LogP contribution in [0.25, 0.3) is 0 Å². The van der Waals surface area contributed by atoms with Crippen molar-refractivity contribution < 1.29 is 18.9 Å². The standard InChI is InChI=1S/C23H33N3O2.C21H29N3O2/c1-20-17-26(19-24-20)18-23(9-15-27-16-10-23)21-5-7-22(8-6-21)28-14-4-13-25-11-2-3-12-25;1-2-11-24(10-1)12-3-13-26-19-6-4-18(5-7-19)21(8-14-25-15-9-21)20-16-22-17-23-20/h5-8,17,19H,2-4,9-16,18H2,1H3;4-7,16-17H,1-3,8-15H2,(H,22,23). The van der Waals surface area contributed by atoms with Crippen molar-refractivity contribution in [1.82, 2.24) is 29.3 Å². The van der Waals surface area contributed by atoms with Crippen molar-refractivity contribution in [3.05, 3.63) is 96.1 Å². The van der Waals surface area contributed by atoms with Crippen molar-refractivity contribution in [2.24, 2.45) is 0 Å². The maximum Gasteiger partial charge on any atom is 0.119 e. The molecule has 0 saturated carbocycles. The lowest BCUT2D eigenvalue weighted by Gasteiger charge is -2.38. The highest BCUT2D eigenvalue weighted by Crippen LogP contribution is 2.41. The number of aryl methyl sites for hydroxylation is 1. The van der Waals surface area contributed by atoms with Gasteiger partial charge in [0.1, 0.15) is 11.5 Å². The first-order valence-corrected chi connectivity index (χ1v) is 20.6. The van der Waals surface area contributed by atoms with Crippen LogP contribution in [-0.2, 0) is 26.8 Å².